The third-order valence-electron chi connectivity index (χ3n) is 4.99. The minimum atomic E-state index is 0.433. The molecule has 3 aromatic rings. The average Bonchev–Trinajstić information content (AvgIpc) is 3.43. The van der Waals surface area contributed by atoms with Crippen molar-refractivity contribution >= 4 is 63.4 Å². The summed E-state index contributed by atoms with van der Waals surface area (Å²) in [5.74, 6) is 1.66. The number of halogens is 3. The van der Waals surface area contributed by atoms with Gasteiger partial charge >= 0.3 is 0 Å². The molecule has 1 saturated carbocycles. The smallest absolute Gasteiger partial charge is 0.170 e. The van der Waals surface area contributed by atoms with E-state index in [-0.39, 0.29) is 0 Å². The summed E-state index contributed by atoms with van der Waals surface area (Å²) in [5.41, 5.74) is 1.30. The maximum atomic E-state index is 6.50. The number of aromatic nitrogens is 4. The number of benzene rings is 1. The van der Waals surface area contributed by atoms with Gasteiger partial charge in [-0.05, 0) is 44.6 Å². The molecule has 1 aromatic carbocycles. The lowest BCUT2D eigenvalue weighted by Gasteiger charge is -2.24. The van der Waals surface area contributed by atoms with E-state index in [2.05, 4.69) is 11.8 Å². The van der Waals surface area contributed by atoms with Crippen LogP contribution in [-0.2, 0) is 0 Å². The summed E-state index contributed by atoms with van der Waals surface area (Å²) < 4.78 is 1.73. The van der Waals surface area contributed by atoms with E-state index in [1.54, 1.807) is 28.6 Å². The molecule has 1 fully saturated rings. The fraction of sp³-hybridized carbons (Fsp3) is 0.450. The van der Waals surface area contributed by atoms with Crippen molar-refractivity contribution in [2.75, 3.05) is 17.7 Å². The maximum Gasteiger partial charge on any atom is 0.170 e. The first-order chi connectivity index (χ1) is 13.9. The molecular formula is C20H22Cl3N5S. The number of unbranched alkanes of at least 4 members (excludes halogenated alkanes) is 1. The molecule has 0 amide bonds. The number of nitrogens with zero attached hydrogens (tertiary/aromatic N) is 5. The van der Waals surface area contributed by atoms with Gasteiger partial charge in [-0.15, -0.1) is 11.8 Å². The summed E-state index contributed by atoms with van der Waals surface area (Å²) >= 11 is 20.7. The Hall–Kier alpha value is -1.21. The van der Waals surface area contributed by atoms with Crippen molar-refractivity contribution in [1.29, 1.82) is 0 Å². The molecule has 1 aliphatic carbocycles. The molecule has 0 saturated heterocycles. The van der Waals surface area contributed by atoms with Crippen LogP contribution in [0.5, 0.6) is 0 Å². The van der Waals surface area contributed by atoms with Gasteiger partial charge in [0, 0.05) is 17.6 Å². The Morgan fingerprint density at radius 1 is 1.17 bits per heavy atom. The summed E-state index contributed by atoms with van der Waals surface area (Å²) in [6.07, 6.45) is 6.67. The van der Waals surface area contributed by atoms with Crippen LogP contribution >= 0.6 is 46.6 Å². The van der Waals surface area contributed by atoms with Crippen molar-refractivity contribution in [3.8, 4) is 5.69 Å². The SMILES string of the molecule is CCCCN(c1nc(C)nc2c1c(SC)nn2-c1c(Cl)cc(Cl)cc1Cl)C1CC1. The molecule has 0 N–H and O–H groups in total. The highest BCUT2D eigenvalue weighted by Gasteiger charge is 2.33. The second-order valence-electron chi connectivity index (χ2n) is 7.21. The summed E-state index contributed by atoms with van der Waals surface area (Å²) in [6.45, 7) is 5.10. The van der Waals surface area contributed by atoms with Crippen LogP contribution in [-0.4, -0.2) is 38.6 Å². The maximum absolute atomic E-state index is 6.50. The highest BCUT2D eigenvalue weighted by atomic mass is 35.5. The van der Waals surface area contributed by atoms with Gasteiger partial charge in [0.2, 0.25) is 0 Å². The van der Waals surface area contributed by atoms with Crippen molar-refractivity contribution in [3.63, 3.8) is 0 Å². The van der Waals surface area contributed by atoms with E-state index in [1.165, 1.54) is 12.8 Å². The van der Waals surface area contributed by atoms with E-state index in [4.69, 9.17) is 49.9 Å². The van der Waals surface area contributed by atoms with Crippen molar-refractivity contribution in [1.82, 2.24) is 19.7 Å². The highest BCUT2D eigenvalue weighted by Crippen LogP contribution is 2.40. The number of hydrogen-bond acceptors (Lipinski definition) is 5. The van der Waals surface area contributed by atoms with Gasteiger partial charge in [0.1, 0.15) is 22.4 Å². The van der Waals surface area contributed by atoms with Gasteiger partial charge in [-0.3, -0.25) is 0 Å². The molecule has 2 heterocycles. The van der Waals surface area contributed by atoms with Crippen LogP contribution in [0.15, 0.2) is 17.2 Å². The number of rotatable bonds is 7. The number of fused-ring (bicyclic) bond motifs is 1. The minimum absolute atomic E-state index is 0.433. The predicted octanol–water partition coefficient (Wildman–Crippen LogP) is 6.57. The Bertz CT molecular complexity index is 1040. The minimum Gasteiger partial charge on any atom is -0.353 e. The topological polar surface area (TPSA) is 46.8 Å². The molecule has 154 valence electrons. The lowest BCUT2D eigenvalue weighted by Crippen LogP contribution is -2.28. The van der Waals surface area contributed by atoms with Crippen LogP contribution in [0.2, 0.25) is 15.1 Å². The van der Waals surface area contributed by atoms with Gasteiger partial charge in [0.05, 0.1) is 15.4 Å². The van der Waals surface area contributed by atoms with E-state index in [9.17, 15) is 0 Å². The van der Waals surface area contributed by atoms with E-state index in [1.807, 2.05) is 13.2 Å². The highest BCUT2D eigenvalue weighted by molar-refractivity contribution is 7.98. The number of hydrogen-bond donors (Lipinski definition) is 0. The van der Waals surface area contributed by atoms with Crippen molar-refractivity contribution in [2.45, 2.75) is 50.6 Å². The van der Waals surface area contributed by atoms with Crippen LogP contribution in [0.4, 0.5) is 5.82 Å². The lowest BCUT2D eigenvalue weighted by molar-refractivity contribution is 0.704. The molecule has 0 aliphatic heterocycles. The summed E-state index contributed by atoms with van der Waals surface area (Å²) in [4.78, 5) is 12.0. The Morgan fingerprint density at radius 3 is 2.45 bits per heavy atom. The molecule has 2 aromatic heterocycles. The summed E-state index contributed by atoms with van der Waals surface area (Å²) in [5, 5.41) is 7.97. The monoisotopic (exact) mass is 469 g/mol. The second-order valence-corrected chi connectivity index (χ2v) is 9.26. The zero-order chi connectivity index (χ0) is 20.7. The van der Waals surface area contributed by atoms with Crippen LogP contribution in [0.25, 0.3) is 16.7 Å². The molecular weight excluding hydrogens is 449 g/mol. The normalized spacial score (nSPS) is 14.0. The molecule has 0 unspecified atom stereocenters. The largest absolute Gasteiger partial charge is 0.353 e. The van der Waals surface area contributed by atoms with E-state index >= 15 is 0 Å². The van der Waals surface area contributed by atoms with Crippen molar-refractivity contribution in [3.05, 3.63) is 33.0 Å². The first-order valence-electron chi connectivity index (χ1n) is 9.67. The number of anilines is 1. The Morgan fingerprint density at radius 2 is 1.86 bits per heavy atom. The third-order valence-corrected chi connectivity index (χ3v) is 6.45. The van der Waals surface area contributed by atoms with Gasteiger partial charge < -0.3 is 4.90 Å². The Labute approximate surface area is 189 Å². The summed E-state index contributed by atoms with van der Waals surface area (Å²) in [7, 11) is 0. The molecule has 0 radical (unpaired) electrons. The molecule has 0 atom stereocenters. The van der Waals surface area contributed by atoms with Gasteiger partial charge in [0.15, 0.2) is 5.65 Å². The summed E-state index contributed by atoms with van der Waals surface area (Å²) in [6, 6.07) is 3.88. The molecule has 1 aliphatic rings. The van der Waals surface area contributed by atoms with E-state index in [0.717, 1.165) is 35.6 Å². The lowest BCUT2D eigenvalue weighted by atomic mass is 10.2. The standard InChI is InChI=1S/C20H22Cl3N5S/c1-4-5-8-27(13-6-7-13)18-16-19(25-11(2)24-18)28(26-20(16)29-3)17-14(22)9-12(21)10-15(17)23/h9-10,13H,4-8H2,1-3H3. The van der Waals surface area contributed by atoms with Crippen molar-refractivity contribution in [2.24, 2.45) is 0 Å². The van der Waals surface area contributed by atoms with E-state index in [0.29, 0.717) is 38.3 Å². The molecule has 9 heteroatoms. The average molecular weight is 471 g/mol. The van der Waals surface area contributed by atoms with Gasteiger partial charge in [-0.1, -0.05) is 48.1 Å². The molecule has 29 heavy (non-hydrogen) atoms. The van der Waals surface area contributed by atoms with Crippen LogP contribution in [0.1, 0.15) is 38.4 Å². The zero-order valence-corrected chi connectivity index (χ0v) is 19.6. The van der Waals surface area contributed by atoms with Gasteiger partial charge in [-0.2, -0.15) is 5.10 Å². The molecule has 0 spiro atoms. The first-order valence-corrected chi connectivity index (χ1v) is 12.0. The van der Waals surface area contributed by atoms with Crippen molar-refractivity contribution < 1.29 is 0 Å². The molecule has 5 nitrogen and oxygen atoms in total. The number of thioether (sulfide) groups is 1. The Kier molecular flexibility index (Phi) is 6.17. The quantitative estimate of drug-likeness (QED) is 0.365. The second kappa shape index (κ2) is 8.50. The first kappa shape index (κ1) is 21.0. The Balaban J connectivity index is 1.97. The van der Waals surface area contributed by atoms with Gasteiger partial charge in [-0.25, -0.2) is 14.6 Å². The fourth-order valence-corrected chi connectivity index (χ4v) is 5.02. The zero-order valence-electron chi connectivity index (χ0n) is 16.5. The fourth-order valence-electron chi connectivity index (χ4n) is 3.50. The van der Waals surface area contributed by atoms with Crippen LogP contribution in [0, 0.1) is 6.92 Å². The molecule has 4 rings (SSSR count). The van der Waals surface area contributed by atoms with E-state index < -0.39 is 0 Å². The number of aryl methyl sites for hydroxylation is 1. The predicted molar refractivity (Wildman–Crippen MR) is 123 cm³/mol. The third kappa shape index (κ3) is 4.05. The van der Waals surface area contributed by atoms with Crippen LogP contribution < -0.4 is 4.90 Å². The molecule has 0 bridgehead atoms. The van der Waals surface area contributed by atoms with Gasteiger partial charge in [0.25, 0.3) is 0 Å². The van der Waals surface area contributed by atoms with Crippen LogP contribution in [0.3, 0.4) is 0 Å².